The molecule has 25 heteroatoms. The fourth-order valence-corrected chi connectivity index (χ4v) is 8.22. The summed E-state index contributed by atoms with van der Waals surface area (Å²) in [5, 5.41) is 13.6. The summed E-state index contributed by atoms with van der Waals surface area (Å²) < 4.78 is 35.1. The van der Waals surface area contributed by atoms with Crippen molar-refractivity contribution in [3.63, 3.8) is 0 Å². The maximum Gasteiger partial charge on any atom is 0.247 e. The second-order valence-electron chi connectivity index (χ2n) is 14.7. The quantitative estimate of drug-likeness (QED) is 0.0636. The molecule has 0 fully saturated rings. The minimum absolute atomic E-state index is 0. The molecule has 3 N–H and O–H groups in total. The number of anilines is 2. The Bertz CT molecular complexity index is 3280. The van der Waals surface area contributed by atoms with Gasteiger partial charge in [-0.2, -0.15) is 10.2 Å². The Balaban J connectivity index is 0.000000292. The summed E-state index contributed by atoms with van der Waals surface area (Å²) in [6, 6.07) is 6.81. The van der Waals surface area contributed by atoms with E-state index in [0.717, 1.165) is 11.5 Å². The second-order valence-corrected chi connectivity index (χ2v) is 16.6. The third-order valence-corrected chi connectivity index (χ3v) is 12.0. The van der Waals surface area contributed by atoms with Gasteiger partial charge in [0.25, 0.3) is 0 Å². The van der Waals surface area contributed by atoms with E-state index in [-0.39, 0.29) is 20.8 Å². The number of nitrogens with one attached hydrogen (secondary N) is 1. The van der Waals surface area contributed by atoms with Gasteiger partial charge in [-0.1, -0.05) is 74.4 Å². The summed E-state index contributed by atoms with van der Waals surface area (Å²) >= 11 is 30.9. The number of hydrogen-bond donors (Lipinski definition) is 2. The number of allylic oxidation sites excluding steroid dienone is 1. The van der Waals surface area contributed by atoms with E-state index in [0.29, 0.717) is 143 Å². The van der Waals surface area contributed by atoms with Gasteiger partial charge in [0.1, 0.15) is 34.4 Å². The van der Waals surface area contributed by atoms with E-state index in [4.69, 9.17) is 92.2 Å². The molecule has 0 spiro atoms. The van der Waals surface area contributed by atoms with E-state index >= 15 is 0 Å². The van der Waals surface area contributed by atoms with Crippen LogP contribution in [0.1, 0.15) is 14.9 Å². The van der Waals surface area contributed by atoms with Crippen molar-refractivity contribution in [2.24, 2.45) is 0 Å². The highest BCUT2D eigenvalue weighted by atomic mass is 35.5. The van der Waals surface area contributed by atoms with Crippen LogP contribution in [0.2, 0.25) is 20.1 Å². The fraction of sp³-hybridized carbons (Fsp3) is 0.240. The number of fused-ring (bicyclic) bond motifs is 2. The Morgan fingerprint density at radius 2 is 1.00 bits per heavy atom. The Morgan fingerprint density at radius 1 is 0.600 bits per heavy atom. The fourth-order valence-electron chi connectivity index (χ4n) is 6.83. The average molecular weight is 1130 g/mol. The number of carbonyl (C=O) groups is 2. The maximum atomic E-state index is 11.9. The van der Waals surface area contributed by atoms with Crippen molar-refractivity contribution in [3.8, 4) is 68.5 Å². The monoisotopic (exact) mass is 1120 g/mol. The molecule has 6 aromatic heterocycles. The highest BCUT2D eigenvalue weighted by Gasteiger charge is 2.23. The molecular weight excluding hydrogens is 1070 g/mol. The molecule has 6 heterocycles. The first-order valence-corrected chi connectivity index (χ1v) is 23.1. The van der Waals surface area contributed by atoms with Crippen LogP contribution in [0.4, 0.5) is 11.4 Å². The molecule has 396 valence electrons. The zero-order valence-electron chi connectivity index (χ0n) is 39.9. The van der Waals surface area contributed by atoms with Crippen LogP contribution in [0, 0.1) is 0 Å². The van der Waals surface area contributed by atoms with Gasteiger partial charge in [0.2, 0.25) is 11.1 Å². The number of pyridine rings is 2. The smallest absolute Gasteiger partial charge is 0.247 e. The van der Waals surface area contributed by atoms with Gasteiger partial charge in [0.05, 0.1) is 133 Å². The van der Waals surface area contributed by atoms with Gasteiger partial charge in [-0.15, -0.1) is 0 Å². The molecule has 20 nitrogen and oxygen atoms in total. The van der Waals surface area contributed by atoms with Gasteiger partial charge in [-0.3, -0.25) is 28.9 Å². The molecule has 0 aliphatic heterocycles. The summed E-state index contributed by atoms with van der Waals surface area (Å²) in [6.45, 7) is 8.42. The predicted octanol–water partition coefficient (Wildman–Crippen LogP) is 11.0. The van der Waals surface area contributed by atoms with Crippen LogP contribution < -0.4 is 30.0 Å². The van der Waals surface area contributed by atoms with Crippen molar-refractivity contribution in [3.05, 3.63) is 107 Å². The van der Waals surface area contributed by atoms with Crippen LogP contribution in [0.3, 0.4) is 0 Å². The van der Waals surface area contributed by atoms with Crippen molar-refractivity contribution in [2.75, 3.05) is 66.9 Å². The molecule has 1 amide bonds. The van der Waals surface area contributed by atoms with Gasteiger partial charge in [-0.05, 0) is 35.9 Å². The number of nitrogens with zero attached hydrogens (tertiary/aromatic N) is 10. The number of nitrogen functional groups attached to an aromatic ring is 1. The minimum atomic E-state index is -0.509. The third-order valence-electron chi connectivity index (χ3n) is 10.3. The molecule has 0 bridgehead atoms. The number of hydrogen-bond acceptors (Lipinski definition) is 17. The molecule has 0 saturated carbocycles. The van der Waals surface area contributed by atoms with E-state index in [1.807, 2.05) is 0 Å². The second kappa shape index (κ2) is 27.9. The Hall–Kier alpha value is -7.17. The number of aromatic nitrogens is 10. The summed E-state index contributed by atoms with van der Waals surface area (Å²) in [7, 11) is 9.26. The van der Waals surface area contributed by atoms with Gasteiger partial charge in [0, 0.05) is 60.6 Å². The molecule has 0 saturated heterocycles. The molecule has 75 heavy (non-hydrogen) atoms. The predicted molar refractivity (Wildman–Crippen MR) is 296 cm³/mol. The van der Waals surface area contributed by atoms with Crippen molar-refractivity contribution < 1.29 is 38.0 Å². The van der Waals surface area contributed by atoms with Crippen LogP contribution in [-0.2, 0) is 32.2 Å². The van der Waals surface area contributed by atoms with E-state index < -0.39 is 5.24 Å². The number of amides is 1. The number of nitrogens with two attached hydrogens (primary N) is 1. The molecule has 8 aromatic rings. The lowest BCUT2D eigenvalue weighted by Crippen LogP contribution is -2.11. The van der Waals surface area contributed by atoms with E-state index in [1.165, 1.54) is 40.7 Å². The minimum Gasteiger partial charge on any atom is -0.495 e. The Labute approximate surface area is 457 Å². The van der Waals surface area contributed by atoms with Crippen molar-refractivity contribution in [2.45, 2.75) is 27.9 Å². The lowest BCUT2D eigenvalue weighted by atomic mass is 10.1. The first-order chi connectivity index (χ1) is 35.2. The molecule has 0 aliphatic carbocycles. The van der Waals surface area contributed by atoms with E-state index in [1.54, 1.807) is 78.8 Å². The highest BCUT2D eigenvalue weighted by Crippen LogP contribution is 2.47. The molecule has 0 atom stereocenters. The number of benzene rings is 2. The largest absolute Gasteiger partial charge is 0.495 e. The van der Waals surface area contributed by atoms with Crippen molar-refractivity contribution in [1.82, 2.24) is 49.5 Å². The van der Waals surface area contributed by atoms with Crippen molar-refractivity contribution in [1.29, 1.82) is 0 Å². The summed E-state index contributed by atoms with van der Waals surface area (Å²) in [5.41, 5.74) is 11.4. The van der Waals surface area contributed by atoms with Gasteiger partial charge < -0.3 is 39.5 Å². The summed E-state index contributed by atoms with van der Waals surface area (Å²) in [6.07, 6.45) is 11.9. The van der Waals surface area contributed by atoms with E-state index in [2.05, 4.69) is 58.6 Å². The summed E-state index contributed by atoms with van der Waals surface area (Å²) in [4.78, 5) is 48.8. The van der Waals surface area contributed by atoms with Crippen LogP contribution in [0.15, 0.2) is 86.8 Å². The Morgan fingerprint density at radius 3 is 1.39 bits per heavy atom. The molecule has 0 unspecified atom stereocenters. The lowest BCUT2D eigenvalue weighted by molar-refractivity contribution is -0.112. The normalized spacial score (nSPS) is 10.4. The van der Waals surface area contributed by atoms with E-state index in [9.17, 15) is 9.59 Å². The molecule has 8 rings (SSSR count). The number of ether oxygens (including phenoxy) is 6. The van der Waals surface area contributed by atoms with Crippen LogP contribution >= 0.6 is 58.0 Å². The number of rotatable bonds is 17. The first kappa shape index (κ1) is 60.4. The van der Waals surface area contributed by atoms with Gasteiger partial charge in [0.15, 0.2) is 11.6 Å². The van der Waals surface area contributed by atoms with Crippen molar-refractivity contribution >= 4 is 102 Å². The highest BCUT2D eigenvalue weighted by molar-refractivity contribution is 6.66. The SMILES string of the molecule is C.C.C=CC(=O)Cl.C=CC(=O)Nc1cnn(CCOC)c1-c1ncc2cc(-c3c(Cl)c(OC)cc(OC)c3Cl)ncc2n1.COCCn1ncc(N)c1-c1ncc2cc(-c3c(Cl)c(OC)cc(OC)c3Cl)ncc2n1. The summed E-state index contributed by atoms with van der Waals surface area (Å²) in [5.74, 6) is 2.07. The van der Waals surface area contributed by atoms with Crippen LogP contribution in [-0.4, -0.2) is 116 Å². The van der Waals surface area contributed by atoms with Crippen LogP contribution in [0.25, 0.3) is 67.4 Å². The molecular formula is C50H53Cl5N12O8. The van der Waals surface area contributed by atoms with Crippen LogP contribution in [0.5, 0.6) is 23.0 Å². The van der Waals surface area contributed by atoms with Gasteiger partial charge in [-0.25, -0.2) is 19.9 Å². The van der Waals surface area contributed by atoms with Gasteiger partial charge >= 0.3 is 0 Å². The molecule has 0 radical (unpaired) electrons. The molecule has 2 aromatic carbocycles. The number of halogens is 5. The standard InChI is InChI=1S/C24H22Cl2N6O4.C21H20Cl2N6O3.C3H3ClO.2CH4/c1-5-19(33)30-16-12-29-32(6-7-34-2)23(16)24-28-10-13-8-14(27-11-15(13)31-24)20-21(25)17(35-3)9-18(36-4)22(20)26;1-30-5-4-29-20(12(24)9-27-29)21-26-8-11-6-13(25-10-14(11)28-21)17-18(22)15(31-2)7-16(32-3)19(17)23;1-2-3(4)5;;/h5,8-12H,1,6-7H2,2-4H3,(H,30,33);6-10H,4-5,24H2,1-3H3;2H,1H2;2*1H4. The Kier molecular flexibility index (Phi) is 22.5. The third kappa shape index (κ3) is 13.8. The zero-order valence-corrected chi connectivity index (χ0v) is 43.7. The lowest BCUT2D eigenvalue weighted by Gasteiger charge is -2.14. The maximum absolute atomic E-state index is 11.9. The first-order valence-electron chi connectivity index (χ1n) is 21.2. The molecule has 0 aliphatic rings. The number of carbonyl (C=O) groups excluding carboxylic acids is 2. The average Bonchev–Trinajstić information content (AvgIpc) is 3.98. The number of methoxy groups -OCH3 is 6. The topological polar surface area (TPSA) is 241 Å². The zero-order chi connectivity index (χ0) is 52.9.